The Bertz CT molecular complexity index is 457. The lowest BCUT2D eigenvalue weighted by atomic mass is 10.2. The molecule has 1 aromatic rings. The van der Waals surface area contributed by atoms with Crippen molar-refractivity contribution in [1.82, 2.24) is 15.2 Å². The van der Waals surface area contributed by atoms with Gasteiger partial charge in [0.1, 0.15) is 11.4 Å². The SMILES string of the molecule is CC(NCCN(C)C(=O)OC(C)(C)C)c1ccc(F)cn1. The largest absolute Gasteiger partial charge is 0.444 e. The number of pyridine rings is 1. The number of hydrogen-bond donors (Lipinski definition) is 1. The second kappa shape index (κ2) is 7.36. The first-order chi connectivity index (χ1) is 9.69. The minimum absolute atomic E-state index is 0.0161. The highest BCUT2D eigenvalue weighted by atomic mass is 19.1. The summed E-state index contributed by atoms with van der Waals surface area (Å²) in [5.74, 6) is -0.351. The molecule has 118 valence electrons. The predicted molar refractivity (Wildman–Crippen MR) is 79.5 cm³/mol. The zero-order valence-corrected chi connectivity index (χ0v) is 13.3. The number of aromatic nitrogens is 1. The zero-order chi connectivity index (χ0) is 16.0. The summed E-state index contributed by atoms with van der Waals surface area (Å²) in [6, 6.07) is 3.01. The first-order valence-corrected chi connectivity index (χ1v) is 6.98. The molecular formula is C15H24FN3O2. The summed E-state index contributed by atoms with van der Waals surface area (Å²) in [4.78, 5) is 17.3. The van der Waals surface area contributed by atoms with Gasteiger partial charge in [0.2, 0.25) is 0 Å². The van der Waals surface area contributed by atoms with Gasteiger partial charge >= 0.3 is 6.09 Å². The highest BCUT2D eigenvalue weighted by Gasteiger charge is 2.19. The Hall–Kier alpha value is -1.69. The van der Waals surface area contributed by atoms with Crippen LogP contribution in [0.3, 0.4) is 0 Å². The Labute approximate surface area is 125 Å². The molecule has 0 spiro atoms. The van der Waals surface area contributed by atoms with Crippen LogP contribution in [0.15, 0.2) is 18.3 Å². The highest BCUT2D eigenvalue weighted by Crippen LogP contribution is 2.10. The Morgan fingerprint density at radius 2 is 2.14 bits per heavy atom. The third-order valence-corrected chi connectivity index (χ3v) is 2.80. The van der Waals surface area contributed by atoms with Gasteiger partial charge in [0, 0.05) is 26.2 Å². The topological polar surface area (TPSA) is 54.5 Å². The quantitative estimate of drug-likeness (QED) is 0.908. The third-order valence-electron chi connectivity index (χ3n) is 2.80. The average Bonchev–Trinajstić information content (AvgIpc) is 2.37. The van der Waals surface area contributed by atoms with Crippen LogP contribution in [0.1, 0.15) is 39.4 Å². The van der Waals surface area contributed by atoms with E-state index in [1.807, 2.05) is 27.7 Å². The number of hydrogen-bond acceptors (Lipinski definition) is 4. The molecule has 0 aliphatic rings. The van der Waals surface area contributed by atoms with E-state index in [0.717, 1.165) is 5.69 Å². The monoisotopic (exact) mass is 297 g/mol. The van der Waals surface area contributed by atoms with Gasteiger partial charge in [-0.25, -0.2) is 9.18 Å². The van der Waals surface area contributed by atoms with Crippen LogP contribution in [0.4, 0.5) is 9.18 Å². The van der Waals surface area contributed by atoms with E-state index < -0.39 is 5.60 Å². The van der Waals surface area contributed by atoms with Crippen LogP contribution in [0.5, 0.6) is 0 Å². The van der Waals surface area contributed by atoms with E-state index in [1.165, 1.54) is 17.2 Å². The van der Waals surface area contributed by atoms with E-state index in [4.69, 9.17) is 4.74 Å². The summed E-state index contributed by atoms with van der Waals surface area (Å²) in [5, 5.41) is 3.23. The Morgan fingerprint density at radius 1 is 1.48 bits per heavy atom. The minimum atomic E-state index is -0.496. The van der Waals surface area contributed by atoms with Gasteiger partial charge < -0.3 is 15.0 Å². The van der Waals surface area contributed by atoms with Crippen LogP contribution in [0, 0.1) is 5.82 Å². The summed E-state index contributed by atoms with van der Waals surface area (Å²) in [6.45, 7) is 8.54. The zero-order valence-electron chi connectivity index (χ0n) is 13.3. The second-order valence-electron chi connectivity index (χ2n) is 5.98. The molecule has 5 nitrogen and oxygen atoms in total. The van der Waals surface area contributed by atoms with Crippen molar-refractivity contribution in [2.24, 2.45) is 0 Å². The molecule has 0 bridgehead atoms. The van der Waals surface area contributed by atoms with Gasteiger partial charge in [0.25, 0.3) is 0 Å². The molecule has 0 aliphatic heterocycles. The Balaban J connectivity index is 2.35. The number of halogens is 1. The van der Waals surface area contributed by atoms with E-state index in [9.17, 15) is 9.18 Å². The highest BCUT2D eigenvalue weighted by molar-refractivity contribution is 5.67. The molecule has 6 heteroatoms. The van der Waals surface area contributed by atoms with Crippen LogP contribution in [-0.4, -0.2) is 41.7 Å². The fourth-order valence-electron chi connectivity index (χ4n) is 1.63. The summed E-state index contributed by atoms with van der Waals surface area (Å²) >= 11 is 0. The van der Waals surface area contributed by atoms with E-state index >= 15 is 0 Å². The molecule has 0 saturated carbocycles. The van der Waals surface area contributed by atoms with Crippen molar-refractivity contribution in [1.29, 1.82) is 0 Å². The van der Waals surface area contributed by atoms with Crippen molar-refractivity contribution in [2.75, 3.05) is 20.1 Å². The van der Waals surface area contributed by atoms with Crippen LogP contribution >= 0.6 is 0 Å². The predicted octanol–water partition coefficient (Wildman–Crippen LogP) is 2.74. The van der Waals surface area contributed by atoms with E-state index in [2.05, 4.69) is 10.3 Å². The Morgan fingerprint density at radius 3 is 2.67 bits per heavy atom. The molecule has 0 aromatic carbocycles. The van der Waals surface area contributed by atoms with E-state index in [-0.39, 0.29) is 18.0 Å². The van der Waals surface area contributed by atoms with E-state index in [1.54, 1.807) is 13.1 Å². The summed E-state index contributed by atoms with van der Waals surface area (Å²) in [5.41, 5.74) is 0.265. The first-order valence-electron chi connectivity index (χ1n) is 6.98. The van der Waals surface area contributed by atoms with Crippen LogP contribution in [0.2, 0.25) is 0 Å². The molecule has 0 saturated heterocycles. The van der Waals surface area contributed by atoms with Crippen molar-refractivity contribution in [3.8, 4) is 0 Å². The normalized spacial score (nSPS) is 12.9. The maximum absolute atomic E-state index is 12.8. The van der Waals surface area contributed by atoms with Crippen LogP contribution in [0.25, 0.3) is 0 Å². The fourth-order valence-corrected chi connectivity index (χ4v) is 1.63. The number of nitrogens with zero attached hydrogens (tertiary/aromatic N) is 2. The summed E-state index contributed by atoms with van der Waals surface area (Å²) in [7, 11) is 1.69. The minimum Gasteiger partial charge on any atom is -0.444 e. The molecule has 1 atom stereocenters. The number of carbonyl (C=O) groups excluding carboxylic acids is 1. The van der Waals surface area contributed by atoms with Crippen molar-refractivity contribution in [3.63, 3.8) is 0 Å². The average molecular weight is 297 g/mol. The standard InChI is InChI=1S/C15H24FN3O2/c1-11(13-7-6-12(16)10-18-13)17-8-9-19(5)14(20)21-15(2,3)4/h6-7,10-11,17H,8-9H2,1-5H3. The molecule has 1 aromatic heterocycles. The second-order valence-corrected chi connectivity index (χ2v) is 5.98. The molecule has 21 heavy (non-hydrogen) atoms. The van der Waals surface area contributed by atoms with Gasteiger partial charge in [-0.2, -0.15) is 0 Å². The van der Waals surface area contributed by atoms with Gasteiger partial charge in [0.15, 0.2) is 0 Å². The number of amides is 1. The first kappa shape index (κ1) is 17.4. The number of rotatable bonds is 5. The molecule has 1 amide bonds. The van der Waals surface area contributed by atoms with Crippen molar-refractivity contribution in [3.05, 3.63) is 29.8 Å². The van der Waals surface area contributed by atoms with Crippen LogP contribution in [-0.2, 0) is 4.74 Å². The fraction of sp³-hybridized carbons (Fsp3) is 0.600. The molecule has 0 fully saturated rings. The molecule has 1 unspecified atom stereocenters. The number of nitrogens with one attached hydrogen (secondary N) is 1. The Kier molecular flexibility index (Phi) is 6.08. The van der Waals surface area contributed by atoms with Crippen molar-refractivity contribution in [2.45, 2.75) is 39.3 Å². The summed E-state index contributed by atoms with van der Waals surface area (Å²) in [6.07, 6.45) is 0.845. The number of likely N-dealkylation sites (N-methyl/N-ethyl adjacent to an activating group) is 1. The molecule has 1 rings (SSSR count). The van der Waals surface area contributed by atoms with Crippen LogP contribution < -0.4 is 5.32 Å². The lowest BCUT2D eigenvalue weighted by molar-refractivity contribution is 0.0299. The molecular weight excluding hydrogens is 273 g/mol. The van der Waals surface area contributed by atoms with Gasteiger partial charge in [-0.15, -0.1) is 0 Å². The number of ether oxygens (including phenoxy) is 1. The van der Waals surface area contributed by atoms with Gasteiger partial charge in [0.05, 0.1) is 11.9 Å². The van der Waals surface area contributed by atoms with Crippen molar-refractivity contribution >= 4 is 6.09 Å². The van der Waals surface area contributed by atoms with Gasteiger partial charge in [-0.05, 0) is 39.8 Å². The smallest absolute Gasteiger partial charge is 0.410 e. The lowest BCUT2D eigenvalue weighted by Gasteiger charge is -2.25. The maximum Gasteiger partial charge on any atom is 0.410 e. The maximum atomic E-state index is 12.8. The molecule has 0 radical (unpaired) electrons. The van der Waals surface area contributed by atoms with Gasteiger partial charge in [-0.3, -0.25) is 4.98 Å². The lowest BCUT2D eigenvalue weighted by Crippen LogP contribution is -2.38. The molecule has 1 N–H and O–H groups in total. The van der Waals surface area contributed by atoms with Gasteiger partial charge in [-0.1, -0.05) is 0 Å². The van der Waals surface area contributed by atoms with Crippen molar-refractivity contribution < 1.29 is 13.9 Å². The third kappa shape index (κ3) is 6.53. The molecule has 1 heterocycles. The summed E-state index contributed by atoms with van der Waals surface area (Å²) < 4.78 is 18.1. The van der Waals surface area contributed by atoms with E-state index in [0.29, 0.717) is 13.1 Å². The molecule has 0 aliphatic carbocycles. The number of carbonyl (C=O) groups is 1.